The quantitative estimate of drug-likeness (QED) is 0.787. The van der Waals surface area contributed by atoms with Crippen LogP contribution >= 0.6 is 0 Å². The second-order valence-electron chi connectivity index (χ2n) is 6.07. The zero-order chi connectivity index (χ0) is 16.4. The number of amides is 2. The molecule has 1 heterocycles. The number of fused-ring (bicyclic) bond motifs is 1. The van der Waals surface area contributed by atoms with Crippen LogP contribution in [0.5, 0.6) is 5.75 Å². The van der Waals surface area contributed by atoms with Crippen molar-refractivity contribution in [1.29, 1.82) is 0 Å². The Morgan fingerprint density at radius 3 is 2.74 bits per heavy atom. The van der Waals surface area contributed by atoms with E-state index in [0.717, 1.165) is 12.8 Å². The molecular weight excluding hydrogens is 300 g/mol. The van der Waals surface area contributed by atoms with Crippen molar-refractivity contribution < 1.29 is 24.2 Å². The van der Waals surface area contributed by atoms with E-state index in [0.29, 0.717) is 30.0 Å². The molecule has 3 rings (SSSR count). The first-order chi connectivity index (χ1) is 11.0. The number of aliphatic carboxylic acids is 1. The third-order valence-corrected chi connectivity index (χ3v) is 4.41. The molecule has 0 aromatic heterocycles. The van der Waals surface area contributed by atoms with Crippen LogP contribution in [0.1, 0.15) is 32.1 Å². The first kappa shape index (κ1) is 15.3. The van der Waals surface area contributed by atoms with Gasteiger partial charge in [-0.3, -0.25) is 14.4 Å². The number of carbonyl (C=O) groups excluding carboxylic acids is 2. The summed E-state index contributed by atoms with van der Waals surface area (Å²) < 4.78 is 5.25. The fourth-order valence-corrected chi connectivity index (χ4v) is 3.19. The summed E-state index contributed by atoms with van der Waals surface area (Å²) in [7, 11) is 0. The minimum Gasteiger partial charge on any atom is -0.482 e. The van der Waals surface area contributed by atoms with Crippen LogP contribution in [0, 0.1) is 5.41 Å². The van der Waals surface area contributed by atoms with Gasteiger partial charge in [0, 0.05) is 12.1 Å². The van der Waals surface area contributed by atoms with Crippen LogP contribution in [-0.4, -0.2) is 29.5 Å². The van der Waals surface area contributed by atoms with Gasteiger partial charge in [0.25, 0.3) is 5.91 Å². The molecule has 23 heavy (non-hydrogen) atoms. The molecule has 0 atom stereocenters. The number of benzene rings is 1. The van der Waals surface area contributed by atoms with Gasteiger partial charge >= 0.3 is 5.97 Å². The van der Waals surface area contributed by atoms with E-state index in [2.05, 4.69) is 10.6 Å². The largest absolute Gasteiger partial charge is 0.482 e. The highest BCUT2D eigenvalue weighted by molar-refractivity contribution is 5.98. The number of rotatable bonds is 4. The van der Waals surface area contributed by atoms with Crippen LogP contribution < -0.4 is 15.4 Å². The molecule has 1 aliphatic heterocycles. The monoisotopic (exact) mass is 318 g/mol. The number of hydrogen-bond donors (Lipinski definition) is 3. The first-order valence-corrected chi connectivity index (χ1v) is 7.58. The summed E-state index contributed by atoms with van der Waals surface area (Å²) in [5, 5.41) is 14.8. The van der Waals surface area contributed by atoms with Crippen molar-refractivity contribution in [3.05, 3.63) is 18.2 Å². The summed E-state index contributed by atoms with van der Waals surface area (Å²) in [5.41, 5.74) is 0.0428. The molecule has 0 unspecified atom stereocenters. The average Bonchev–Trinajstić information content (AvgIpc) is 2.96. The molecule has 0 spiro atoms. The lowest BCUT2D eigenvalue weighted by Gasteiger charge is -2.23. The molecule has 0 radical (unpaired) electrons. The van der Waals surface area contributed by atoms with Gasteiger partial charge in [-0.05, 0) is 31.0 Å². The normalized spacial score (nSPS) is 18.5. The molecule has 1 aliphatic carbocycles. The molecule has 1 aromatic rings. The molecule has 122 valence electrons. The molecule has 0 saturated heterocycles. The van der Waals surface area contributed by atoms with Gasteiger partial charge in [-0.1, -0.05) is 12.8 Å². The van der Waals surface area contributed by atoms with Gasteiger partial charge in [-0.15, -0.1) is 0 Å². The predicted molar refractivity (Wildman–Crippen MR) is 82.4 cm³/mol. The minimum atomic E-state index is -0.949. The second-order valence-corrected chi connectivity index (χ2v) is 6.07. The summed E-state index contributed by atoms with van der Waals surface area (Å²) in [4.78, 5) is 35.0. The Hall–Kier alpha value is -2.57. The van der Waals surface area contributed by atoms with Crippen LogP contribution in [0.25, 0.3) is 0 Å². The van der Waals surface area contributed by atoms with Crippen LogP contribution in [0.2, 0.25) is 0 Å². The second kappa shape index (κ2) is 5.91. The van der Waals surface area contributed by atoms with Gasteiger partial charge in [-0.2, -0.15) is 0 Å². The summed E-state index contributed by atoms with van der Waals surface area (Å²) in [6.07, 6.45) is 2.69. The lowest BCUT2D eigenvalue weighted by Crippen LogP contribution is -2.32. The van der Waals surface area contributed by atoms with Gasteiger partial charge in [0.2, 0.25) is 5.91 Å². The van der Waals surface area contributed by atoms with E-state index in [-0.39, 0.29) is 24.8 Å². The summed E-state index contributed by atoms with van der Waals surface area (Å²) in [6.45, 7) is -0.0279. The van der Waals surface area contributed by atoms with E-state index in [9.17, 15) is 19.5 Å². The number of anilines is 2. The number of nitrogens with one attached hydrogen (secondary N) is 2. The van der Waals surface area contributed by atoms with Gasteiger partial charge < -0.3 is 20.5 Å². The zero-order valence-corrected chi connectivity index (χ0v) is 12.6. The molecule has 1 fully saturated rings. The lowest BCUT2D eigenvalue weighted by molar-refractivity contribution is -0.150. The van der Waals surface area contributed by atoms with Crippen molar-refractivity contribution in [2.24, 2.45) is 5.41 Å². The van der Waals surface area contributed by atoms with Gasteiger partial charge in [0.15, 0.2) is 6.61 Å². The molecule has 2 amide bonds. The summed E-state index contributed by atoms with van der Waals surface area (Å²) in [6, 6.07) is 4.93. The fraction of sp³-hybridized carbons (Fsp3) is 0.438. The van der Waals surface area contributed by atoms with Crippen LogP contribution in [0.4, 0.5) is 11.4 Å². The van der Waals surface area contributed by atoms with Crippen molar-refractivity contribution in [3.63, 3.8) is 0 Å². The van der Waals surface area contributed by atoms with E-state index in [4.69, 9.17) is 4.74 Å². The number of ether oxygens (including phenoxy) is 1. The molecule has 1 aromatic carbocycles. The molecule has 1 saturated carbocycles. The van der Waals surface area contributed by atoms with Crippen molar-refractivity contribution in [2.45, 2.75) is 32.1 Å². The Kier molecular flexibility index (Phi) is 3.94. The van der Waals surface area contributed by atoms with Crippen molar-refractivity contribution >= 4 is 29.2 Å². The number of hydrogen-bond acceptors (Lipinski definition) is 4. The van der Waals surface area contributed by atoms with Crippen LogP contribution in [0.3, 0.4) is 0 Å². The Morgan fingerprint density at radius 2 is 2.04 bits per heavy atom. The maximum atomic E-state index is 12.2. The van der Waals surface area contributed by atoms with E-state index in [1.165, 1.54) is 0 Å². The summed E-state index contributed by atoms with van der Waals surface area (Å²) in [5.74, 6) is -0.953. The molecule has 2 aliphatic rings. The van der Waals surface area contributed by atoms with Gasteiger partial charge in [-0.25, -0.2) is 0 Å². The fourth-order valence-electron chi connectivity index (χ4n) is 3.19. The Bertz CT molecular complexity index is 664. The molecular formula is C16H18N2O5. The predicted octanol–water partition coefficient (Wildman–Crippen LogP) is 1.99. The molecule has 0 bridgehead atoms. The third-order valence-electron chi connectivity index (χ3n) is 4.41. The van der Waals surface area contributed by atoms with Crippen LogP contribution in [0.15, 0.2) is 18.2 Å². The van der Waals surface area contributed by atoms with E-state index in [1.807, 2.05) is 0 Å². The Morgan fingerprint density at radius 1 is 1.30 bits per heavy atom. The van der Waals surface area contributed by atoms with Gasteiger partial charge in [0.05, 0.1) is 11.1 Å². The number of carboxylic acids is 1. The highest BCUT2D eigenvalue weighted by atomic mass is 16.5. The summed E-state index contributed by atoms with van der Waals surface area (Å²) >= 11 is 0. The van der Waals surface area contributed by atoms with Gasteiger partial charge in [0.1, 0.15) is 5.75 Å². The number of carbonyl (C=O) groups is 3. The maximum Gasteiger partial charge on any atom is 0.310 e. The topological polar surface area (TPSA) is 105 Å². The first-order valence-electron chi connectivity index (χ1n) is 7.58. The van der Waals surface area contributed by atoms with E-state index < -0.39 is 11.4 Å². The highest BCUT2D eigenvalue weighted by Crippen LogP contribution is 2.41. The van der Waals surface area contributed by atoms with Crippen molar-refractivity contribution in [2.75, 3.05) is 17.2 Å². The lowest BCUT2D eigenvalue weighted by atomic mass is 9.82. The van der Waals surface area contributed by atoms with E-state index in [1.54, 1.807) is 18.2 Å². The highest BCUT2D eigenvalue weighted by Gasteiger charge is 2.42. The Balaban J connectivity index is 1.69. The minimum absolute atomic E-state index is 0.0279. The molecule has 3 N–H and O–H groups in total. The molecule has 7 nitrogen and oxygen atoms in total. The van der Waals surface area contributed by atoms with E-state index >= 15 is 0 Å². The smallest absolute Gasteiger partial charge is 0.310 e. The van der Waals surface area contributed by atoms with Crippen LogP contribution in [-0.2, 0) is 14.4 Å². The number of carboxylic acid groups (broad SMARTS) is 1. The van der Waals surface area contributed by atoms with Crippen molar-refractivity contribution in [3.8, 4) is 5.75 Å². The standard InChI is InChI=1S/C16H18N2O5/c19-13(8-16(15(21)22)5-1-2-6-16)17-10-3-4-12-11(7-10)18-14(20)9-23-12/h3-4,7H,1-2,5-6,8-9H2,(H,17,19)(H,18,20)(H,21,22). The van der Waals surface area contributed by atoms with Crippen molar-refractivity contribution in [1.82, 2.24) is 0 Å². The third kappa shape index (κ3) is 3.13. The SMILES string of the molecule is O=C(CC1(C(=O)O)CCCC1)Nc1ccc2c(c1)NC(=O)CO2. The average molecular weight is 318 g/mol. The maximum absolute atomic E-state index is 12.2. The molecule has 7 heteroatoms. The zero-order valence-electron chi connectivity index (χ0n) is 12.6. The Labute approximate surface area is 133 Å².